The van der Waals surface area contributed by atoms with Gasteiger partial charge in [0.05, 0.1) is 16.5 Å². The Labute approximate surface area is 167 Å². The van der Waals surface area contributed by atoms with E-state index in [0.717, 1.165) is 22.2 Å². The van der Waals surface area contributed by atoms with Crippen molar-refractivity contribution in [1.82, 2.24) is 5.32 Å². The predicted molar refractivity (Wildman–Crippen MR) is 105 cm³/mol. The van der Waals surface area contributed by atoms with Crippen molar-refractivity contribution in [1.29, 1.82) is 0 Å². The normalized spacial score (nSPS) is 12.6. The Bertz CT molecular complexity index is 950. The fourth-order valence-corrected chi connectivity index (χ4v) is 3.74. The van der Waals surface area contributed by atoms with Crippen molar-refractivity contribution in [3.05, 3.63) is 81.1 Å². The Hall–Kier alpha value is -2.12. The number of halogens is 4. The minimum absolute atomic E-state index is 0.190. The van der Waals surface area contributed by atoms with Crippen LogP contribution in [0.2, 0.25) is 0 Å². The molecule has 27 heavy (non-hydrogen) atoms. The molecule has 0 fully saturated rings. The van der Waals surface area contributed by atoms with Crippen LogP contribution in [0.15, 0.2) is 65.1 Å². The first kappa shape index (κ1) is 19.6. The lowest BCUT2D eigenvalue weighted by Crippen LogP contribution is -2.25. The fourth-order valence-electron chi connectivity index (χ4n) is 2.57. The molecule has 1 aromatic heterocycles. The van der Waals surface area contributed by atoms with Crippen LogP contribution >= 0.6 is 27.3 Å². The summed E-state index contributed by atoms with van der Waals surface area (Å²) in [5.74, 6) is -0.256. The third-order valence-corrected chi connectivity index (χ3v) is 5.68. The number of carbonyl (C=O) groups is 1. The maximum absolute atomic E-state index is 12.9. The largest absolute Gasteiger partial charge is 0.416 e. The minimum atomic E-state index is -4.40. The topological polar surface area (TPSA) is 29.1 Å². The summed E-state index contributed by atoms with van der Waals surface area (Å²) in [6, 6.07) is 15.8. The summed E-state index contributed by atoms with van der Waals surface area (Å²) in [4.78, 5) is 13.5. The lowest BCUT2D eigenvalue weighted by Gasteiger charge is -2.13. The van der Waals surface area contributed by atoms with Crippen LogP contribution in [0, 0.1) is 0 Å². The standard InChI is InChI=1S/C20H15BrF3NOS/c1-12(13-5-7-16(21)8-6-13)25-19(26)18-10-9-17(27-18)14-3-2-4-15(11-14)20(22,23)24/h2-12H,1H3,(H,25,26). The van der Waals surface area contributed by atoms with Crippen molar-refractivity contribution < 1.29 is 18.0 Å². The zero-order valence-electron chi connectivity index (χ0n) is 14.2. The first-order valence-electron chi connectivity index (χ1n) is 8.08. The summed E-state index contributed by atoms with van der Waals surface area (Å²) < 4.78 is 39.6. The third kappa shape index (κ3) is 4.78. The van der Waals surface area contributed by atoms with E-state index in [-0.39, 0.29) is 11.9 Å². The van der Waals surface area contributed by atoms with Gasteiger partial charge in [0.1, 0.15) is 0 Å². The number of benzene rings is 2. The van der Waals surface area contributed by atoms with Gasteiger partial charge in [0.25, 0.3) is 5.91 Å². The van der Waals surface area contributed by atoms with E-state index in [4.69, 9.17) is 0 Å². The second kappa shape index (κ2) is 7.86. The van der Waals surface area contributed by atoms with E-state index in [1.807, 2.05) is 31.2 Å². The molecule has 0 saturated carbocycles. The van der Waals surface area contributed by atoms with Gasteiger partial charge in [-0.2, -0.15) is 13.2 Å². The van der Waals surface area contributed by atoms with Crippen LogP contribution in [0.1, 0.15) is 33.8 Å². The van der Waals surface area contributed by atoms with Gasteiger partial charge < -0.3 is 5.32 Å². The molecule has 0 bridgehead atoms. The van der Waals surface area contributed by atoms with Gasteiger partial charge >= 0.3 is 6.18 Å². The van der Waals surface area contributed by atoms with Crippen LogP contribution in [0.5, 0.6) is 0 Å². The smallest absolute Gasteiger partial charge is 0.345 e. The van der Waals surface area contributed by atoms with Gasteiger partial charge in [0.15, 0.2) is 0 Å². The monoisotopic (exact) mass is 453 g/mol. The molecule has 3 aromatic rings. The van der Waals surface area contributed by atoms with Gasteiger partial charge in [0, 0.05) is 9.35 Å². The number of amides is 1. The highest BCUT2D eigenvalue weighted by molar-refractivity contribution is 9.10. The predicted octanol–water partition coefficient (Wildman–Crippen LogP) is 6.69. The summed E-state index contributed by atoms with van der Waals surface area (Å²) in [6.07, 6.45) is -4.40. The summed E-state index contributed by atoms with van der Waals surface area (Å²) in [7, 11) is 0. The van der Waals surface area contributed by atoms with E-state index in [1.54, 1.807) is 18.2 Å². The van der Waals surface area contributed by atoms with Crippen LogP contribution in [0.3, 0.4) is 0 Å². The molecule has 140 valence electrons. The average Bonchev–Trinajstić information content (AvgIpc) is 3.12. The summed E-state index contributed by atoms with van der Waals surface area (Å²) in [5, 5.41) is 2.91. The molecule has 1 amide bonds. The lowest BCUT2D eigenvalue weighted by molar-refractivity contribution is -0.137. The number of alkyl halides is 3. The van der Waals surface area contributed by atoms with Crippen molar-refractivity contribution in [3.63, 3.8) is 0 Å². The van der Waals surface area contributed by atoms with Crippen molar-refractivity contribution >= 4 is 33.2 Å². The van der Waals surface area contributed by atoms with E-state index in [9.17, 15) is 18.0 Å². The quantitative estimate of drug-likeness (QED) is 0.468. The Kier molecular flexibility index (Phi) is 5.72. The molecule has 0 spiro atoms. The average molecular weight is 454 g/mol. The zero-order chi connectivity index (χ0) is 19.6. The minimum Gasteiger partial charge on any atom is -0.345 e. The number of nitrogens with one attached hydrogen (secondary N) is 1. The molecular weight excluding hydrogens is 439 g/mol. The van der Waals surface area contributed by atoms with Gasteiger partial charge in [0.2, 0.25) is 0 Å². The van der Waals surface area contributed by atoms with Gasteiger partial charge in [-0.15, -0.1) is 11.3 Å². The number of hydrogen-bond acceptors (Lipinski definition) is 2. The number of thiophene rings is 1. The highest BCUT2D eigenvalue weighted by atomic mass is 79.9. The SMILES string of the molecule is CC(NC(=O)c1ccc(-c2cccc(C(F)(F)F)c2)s1)c1ccc(Br)cc1. The maximum atomic E-state index is 12.9. The summed E-state index contributed by atoms with van der Waals surface area (Å²) in [5.41, 5.74) is 0.694. The van der Waals surface area contributed by atoms with E-state index in [1.165, 1.54) is 17.4 Å². The highest BCUT2D eigenvalue weighted by Crippen LogP contribution is 2.34. The van der Waals surface area contributed by atoms with Crippen LogP contribution in [-0.2, 0) is 6.18 Å². The maximum Gasteiger partial charge on any atom is 0.416 e. The Balaban J connectivity index is 1.75. The van der Waals surface area contributed by atoms with E-state index in [2.05, 4.69) is 21.2 Å². The summed E-state index contributed by atoms with van der Waals surface area (Å²) in [6.45, 7) is 1.88. The molecule has 7 heteroatoms. The molecule has 0 aliphatic rings. The number of carbonyl (C=O) groups excluding carboxylic acids is 1. The third-order valence-electron chi connectivity index (χ3n) is 4.02. The summed E-state index contributed by atoms with van der Waals surface area (Å²) >= 11 is 4.53. The molecule has 1 N–H and O–H groups in total. The molecule has 2 nitrogen and oxygen atoms in total. The van der Waals surface area contributed by atoms with E-state index >= 15 is 0 Å². The molecule has 0 radical (unpaired) electrons. The molecule has 3 rings (SSSR count). The van der Waals surface area contributed by atoms with E-state index < -0.39 is 11.7 Å². The molecule has 0 aliphatic carbocycles. The fraction of sp³-hybridized carbons (Fsp3) is 0.150. The van der Waals surface area contributed by atoms with Crippen LogP contribution in [0.25, 0.3) is 10.4 Å². The lowest BCUT2D eigenvalue weighted by atomic mass is 10.1. The molecule has 1 heterocycles. The first-order chi connectivity index (χ1) is 12.7. The molecule has 2 aromatic carbocycles. The highest BCUT2D eigenvalue weighted by Gasteiger charge is 2.30. The van der Waals surface area contributed by atoms with Crippen LogP contribution < -0.4 is 5.32 Å². The zero-order valence-corrected chi connectivity index (χ0v) is 16.6. The number of rotatable bonds is 4. The van der Waals surface area contributed by atoms with Gasteiger partial charge in [-0.3, -0.25) is 4.79 Å². The van der Waals surface area contributed by atoms with Crippen molar-refractivity contribution in [3.8, 4) is 10.4 Å². The van der Waals surface area contributed by atoms with Crippen molar-refractivity contribution in [2.24, 2.45) is 0 Å². The molecule has 1 atom stereocenters. The second-order valence-corrected chi connectivity index (χ2v) is 7.99. The van der Waals surface area contributed by atoms with Crippen molar-refractivity contribution in [2.45, 2.75) is 19.1 Å². The molecular formula is C20H15BrF3NOS. The molecule has 0 aliphatic heterocycles. The second-order valence-electron chi connectivity index (χ2n) is 5.99. The molecule has 1 unspecified atom stereocenters. The van der Waals surface area contributed by atoms with Crippen LogP contribution in [-0.4, -0.2) is 5.91 Å². The van der Waals surface area contributed by atoms with Gasteiger partial charge in [-0.25, -0.2) is 0 Å². The Morgan fingerprint density at radius 3 is 2.44 bits per heavy atom. The number of hydrogen-bond donors (Lipinski definition) is 1. The Morgan fingerprint density at radius 2 is 1.78 bits per heavy atom. The van der Waals surface area contributed by atoms with Gasteiger partial charge in [-0.1, -0.05) is 40.2 Å². The van der Waals surface area contributed by atoms with E-state index in [0.29, 0.717) is 15.3 Å². The molecule has 0 saturated heterocycles. The van der Waals surface area contributed by atoms with Gasteiger partial charge in [-0.05, 0) is 54.4 Å². The van der Waals surface area contributed by atoms with Crippen molar-refractivity contribution in [2.75, 3.05) is 0 Å². The van der Waals surface area contributed by atoms with Crippen LogP contribution in [0.4, 0.5) is 13.2 Å². The first-order valence-corrected chi connectivity index (χ1v) is 9.69. The Morgan fingerprint density at radius 1 is 1.07 bits per heavy atom.